The predicted octanol–water partition coefficient (Wildman–Crippen LogP) is 2.13. The highest BCUT2D eigenvalue weighted by Crippen LogP contribution is 2.34. The number of pyridine rings is 1. The van der Waals surface area contributed by atoms with Gasteiger partial charge in [0.2, 0.25) is 0 Å². The molecular formula is C14H22N2O. The van der Waals surface area contributed by atoms with Crippen LogP contribution >= 0.6 is 0 Å². The molecule has 1 aromatic heterocycles. The molecule has 94 valence electrons. The molecule has 1 aliphatic rings. The highest BCUT2D eigenvalue weighted by molar-refractivity contribution is 5.28. The molecule has 0 amide bonds. The number of fused-ring (bicyclic) bond motifs is 1. The van der Waals surface area contributed by atoms with Crippen LogP contribution in [0.4, 0.5) is 0 Å². The van der Waals surface area contributed by atoms with E-state index in [9.17, 15) is 0 Å². The van der Waals surface area contributed by atoms with Crippen molar-refractivity contribution in [3.63, 3.8) is 0 Å². The minimum absolute atomic E-state index is 0.690. The number of hydrogen-bond acceptors (Lipinski definition) is 3. The van der Waals surface area contributed by atoms with Crippen LogP contribution in [0.2, 0.25) is 0 Å². The zero-order chi connectivity index (χ0) is 11.9. The Bertz CT molecular complexity index is 341. The summed E-state index contributed by atoms with van der Waals surface area (Å²) in [7, 11) is 1.74. The Morgan fingerprint density at radius 3 is 3.29 bits per heavy atom. The second-order valence-electron chi connectivity index (χ2n) is 4.67. The molecule has 0 radical (unpaired) electrons. The number of methoxy groups -OCH3 is 1. The molecule has 3 heteroatoms. The van der Waals surface area contributed by atoms with E-state index < -0.39 is 0 Å². The number of hydrogen-bond donors (Lipinski definition) is 1. The zero-order valence-electron chi connectivity index (χ0n) is 10.6. The molecule has 1 N–H and O–H groups in total. The minimum Gasteiger partial charge on any atom is -0.383 e. The Labute approximate surface area is 104 Å². The van der Waals surface area contributed by atoms with Crippen LogP contribution in [-0.2, 0) is 11.2 Å². The fourth-order valence-electron chi connectivity index (χ4n) is 2.55. The molecule has 0 saturated heterocycles. The molecule has 1 unspecified atom stereocenters. The van der Waals surface area contributed by atoms with E-state index in [1.54, 1.807) is 7.11 Å². The summed E-state index contributed by atoms with van der Waals surface area (Å²) in [6, 6.07) is 4.27. The quantitative estimate of drug-likeness (QED) is 0.734. The van der Waals surface area contributed by atoms with Gasteiger partial charge in [-0.1, -0.05) is 6.07 Å². The Balaban J connectivity index is 1.68. The van der Waals surface area contributed by atoms with Crippen LogP contribution in [0.1, 0.15) is 36.4 Å². The third-order valence-corrected chi connectivity index (χ3v) is 3.46. The number of aromatic nitrogens is 1. The van der Waals surface area contributed by atoms with Gasteiger partial charge < -0.3 is 10.1 Å². The van der Waals surface area contributed by atoms with Gasteiger partial charge in [0, 0.05) is 31.5 Å². The Morgan fingerprint density at radius 1 is 1.47 bits per heavy atom. The second kappa shape index (κ2) is 6.72. The Kier molecular flexibility index (Phi) is 4.95. The monoisotopic (exact) mass is 234 g/mol. The van der Waals surface area contributed by atoms with Gasteiger partial charge in [0.1, 0.15) is 0 Å². The Hall–Kier alpha value is -0.930. The molecular weight excluding hydrogens is 212 g/mol. The van der Waals surface area contributed by atoms with E-state index in [2.05, 4.69) is 16.4 Å². The summed E-state index contributed by atoms with van der Waals surface area (Å²) in [5.74, 6) is 0.690. The smallest absolute Gasteiger partial charge is 0.0587 e. The van der Waals surface area contributed by atoms with Gasteiger partial charge in [-0.05, 0) is 43.9 Å². The van der Waals surface area contributed by atoms with Crippen molar-refractivity contribution in [3.05, 3.63) is 29.6 Å². The van der Waals surface area contributed by atoms with Crippen molar-refractivity contribution >= 4 is 0 Å². The largest absolute Gasteiger partial charge is 0.383 e. The molecule has 1 heterocycles. The van der Waals surface area contributed by atoms with Gasteiger partial charge in [0.25, 0.3) is 0 Å². The number of nitrogens with zero attached hydrogens (tertiary/aromatic N) is 1. The molecule has 0 spiro atoms. The lowest BCUT2D eigenvalue weighted by atomic mass is 10.0. The van der Waals surface area contributed by atoms with E-state index >= 15 is 0 Å². The predicted molar refractivity (Wildman–Crippen MR) is 69.3 cm³/mol. The van der Waals surface area contributed by atoms with Crippen LogP contribution in [0.15, 0.2) is 18.3 Å². The normalized spacial score (nSPS) is 18.3. The van der Waals surface area contributed by atoms with Crippen molar-refractivity contribution in [2.45, 2.75) is 31.6 Å². The van der Waals surface area contributed by atoms with Gasteiger partial charge in [-0.25, -0.2) is 0 Å². The van der Waals surface area contributed by atoms with E-state index in [1.807, 2.05) is 12.3 Å². The SMILES string of the molecule is COCCNCCCC1CCc2cccnc21. The molecule has 0 aliphatic heterocycles. The minimum atomic E-state index is 0.690. The van der Waals surface area contributed by atoms with Gasteiger partial charge in [0.05, 0.1) is 6.61 Å². The molecule has 3 nitrogen and oxygen atoms in total. The molecule has 0 bridgehead atoms. The molecule has 0 fully saturated rings. The fraction of sp³-hybridized carbons (Fsp3) is 0.643. The van der Waals surface area contributed by atoms with Gasteiger partial charge in [-0.3, -0.25) is 4.98 Å². The van der Waals surface area contributed by atoms with Crippen molar-refractivity contribution in [2.75, 3.05) is 26.8 Å². The second-order valence-corrected chi connectivity index (χ2v) is 4.67. The summed E-state index contributed by atoms with van der Waals surface area (Å²) in [6.07, 6.45) is 6.90. The summed E-state index contributed by atoms with van der Waals surface area (Å²) < 4.78 is 5.00. The number of ether oxygens (including phenoxy) is 1. The van der Waals surface area contributed by atoms with Crippen LogP contribution in [0, 0.1) is 0 Å². The summed E-state index contributed by atoms with van der Waals surface area (Å²) in [5, 5.41) is 3.39. The summed E-state index contributed by atoms with van der Waals surface area (Å²) in [6.45, 7) is 2.84. The van der Waals surface area contributed by atoms with Gasteiger partial charge >= 0.3 is 0 Å². The topological polar surface area (TPSA) is 34.1 Å². The summed E-state index contributed by atoms with van der Waals surface area (Å²) >= 11 is 0. The number of aryl methyl sites for hydroxylation is 1. The molecule has 1 atom stereocenters. The number of nitrogens with one attached hydrogen (secondary N) is 1. The van der Waals surface area contributed by atoms with E-state index in [-0.39, 0.29) is 0 Å². The lowest BCUT2D eigenvalue weighted by Crippen LogP contribution is -2.20. The maximum Gasteiger partial charge on any atom is 0.0587 e. The summed E-state index contributed by atoms with van der Waals surface area (Å²) in [5.41, 5.74) is 2.81. The van der Waals surface area contributed by atoms with Crippen molar-refractivity contribution in [2.24, 2.45) is 0 Å². The first-order valence-corrected chi connectivity index (χ1v) is 6.55. The third-order valence-electron chi connectivity index (χ3n) is 3.46. The van der Waals surface area contributed by atoms with Crippen molar-refractivity contribution in [1.29, 1.82) is 0 Å². The lowest BCUT2D eigenvalue weighted by molar-refractivity contribution is 0.199. The summed E-state index contributed by atoms with van der Waals surface area (Å²) in [4.78, 5) is 4.53. The Morgan fingerprint density at radius 2 is 2.41 bits per heavy atom. The van der Waals surface area contributed by atoms with Crippen molar-refractivity contribution < 1.29 is 4.74 Å². The van der Waals surface area contributed by atoms with E-state index in [0.29, 0.717) is 5.92 Å². The highest BCUT2D eigenvalue weighted by atomic mass is 16.5. The molecule has 0 aromatic carbocycles. The van der Waals surface area contributed by atoms with Gasteiger partial charge in [0.15, 0.2) is 0 Å². The molecule has 0 saturated carbocycles. The standard InChI is InChI=1S/C14H22N2O/c1-17-11-10-15-8-2-4-12-6-7-13-5-3-9-16-14(12)13/h3,5,9,12,15H,2,4,6-8,10-11H2,1H3. The first-order chi connectivity index (χ1) is 8.42. The first-order valence-electron chi connectivity index (χ1n) is 6.55. The fourth-order valence-corrected chi connectivity index (χ4v) is 2.55. The van der Waals surface area contributed by atoms with Gasteiger partial charge in [-0.15, -0.1) is 0 Å². The van der Waals surface area contributed by atoms with Crippen molar-refractivity contribution in [1.82, 2.24) is 10.3 Å². The molecule has 1 aliphatic carbocycles. The van der Waals surface area contributed by atoms with Gasteiger partial charge in [-0.2, -0.15) is 0 Å². The maximum atomic E-state index is 5.00. The maximum absolute atomic E-state index is 5.00. The third kappa shape index (κ3) is 3.51. The molecule has 1 aromatic rings. The van der Waals surface area contributed by atoms with E-state index in [0.717, 1.165) is 19.7 Å². The molecule has 2 rings (SSSR count). The number of rotatable bonds is 7. The lowest BCUT2D eigenvalue weighted by Gasteiger charge is -2.10. The zero-order valence-corrected chi connectivity index (χ0v) is 10.6. The van der Waals surface area contributed by atoms with Crippen LogP contribution in [-0.4, -0.2) is 31.8 Å². The highest BCUT2D eigenvalue weighted by Gasteiger charge is 2.22. The van der Waals surface area contributed by atoms with Crippen LogP contribution in [0.3, 0.4) is 0 Å². The van der Waals surface area contributed by atoms with Crippen LogP contribution in [0.5, 0.6) is 0 Å². The molecule has 17 heavy (non-hydrogen) atoms. The average Bonchev–Trinajstić information content (AvgIpc) is 2.77. The van der Waals surface area contributed by atoms with Crippen LogP contribution in [0.25, 0.3) is 0 Å². The average molecular weight is 234 g/mol. The first kappa shape index (κ1) is 12.5. The van der Waals surface area contributed by atoms with Crippen molar-refractivity contribution in [3.8, 4) is 0 Å². The van der Waals surface area contributed by atoms with E-state index in [1.165, 1.54) is 36.9 Å². The van der Waals surface area contributed by atoms with E-state index in [4.69, 9.17) is 4.74 Å². The van der Waals surface area contributed by atoms with Crippen LogP contribution < -0.4 is 5.32 Å².